The Morgan fingerprint density at radius 1 is 1.03 bits per heavy atom. The molecule has 0 aliphatic carbocycles. The third kappa shape index (κ3) is 4.28. The fourth-order valence-corrected chi connectivity index (χ4v) is 6.69. The lowest BCUT2D eigenvalue weighted by molar-refractivity contribution is -0.384. The average Bonchev–Trinajstić information content (AvgIpc) is 2.97. The van der Waals surface area contributed by atoms with Crippen LogP contribution in [0.5, 0.6) is 5.75 Å². The molecule has 4 rings (SSSR count). The Kier molecular flexibility index (Phi) is 5.29. The van der Waals surface area contributed by atoms with Gasteiger partial charge in [0.05, 0.1) is 20.8 Å². The SMILES string of the molecule is O=[N+]([O-])c1cccc(COc2ccc3c(c2)S(=O)(=O)CC3Sc2ccccc2)c1. The van der Waals surface area contributed by atoms with Crippen molar-refractivity contribution in [2.24, 2.45) is 0 Å². The summed E-state index contributed by atoms with van der Waals surface area (Å²) in [4.78, 5) is 11.7. The predicted molar refractivity (Wildman–Crippen MR) is 111 cm³/mol. The second-order valence-corrected chi connectivity index (χ2v) is 9.90. The minimum atomic E-state index is -3.39. The highest BCUT2D eigenvalue weighted by molar-refractivity contribution is 8.01. The number of benzene rings is 3. The molecule has 29 heavy (non-hydrogen) atoms. The second kappa shape index (κ2) is 7.88. The Bertz CT molecular complexity index is 1160. The van der Waals surface area contributed by atoms with E-state index >= 15 is 0 Å². The van der Waals surface area contributed by atoms with Gasteiger partial charge in [-0.15, -0.1) is 11.8 Å². The second-order valence-electron chi connectivity index (χ2n) is 6.62. The lowest BCUT2D eigenvalue weighted by Crippen LogP contribution is -2.01. The summed E-state index contributed by atoms with van der Waals surface area (Å²) in [5.41, 5.74) is 1.41. The van der Waals surface area contributed by atoms with Crippen molar-refractivity contribution >= 4 is 27.3 Å². The summed E-state index contributed by atoms with van der Waals surface area (Å²) >= 11 is 1.53. The van der Waals surface area contributed by atoms with Crippen molar-refractivity contribution in [1.29, 1.82) is 0 Å². The van der Waals surface area contributed by atoms with E-state index in [-0.39, 0.29) is 23.3 Å². The maximum absolute atomic E-state index is 12.7. The van der Waals surface area contributed by atoms with Crippen LogP contribution in [0.3, 0.4) is 0 Å². The van der Waals surface area contributed by atoms with Crippen LogP contribution in [-0.2, 0) is 16.4 Å². The van der Waals surface area contributed by atoms with Crippen LogP contribution in [0.1, 0.15) is 16.4 Å². The van der Waals surface area contributed by atoms with Crippen molar-refractivity contribution in [2.45, 2.75) is 21.6 Å². The standard InChI is InChI=1S/C21H17NO5S2/c23-22(24)16-6-4-5-15(11-16)13-27-17-9-10-19-20(14-29(25,26)21(19)12-17)28-18-7-2-1-3-8-18/h1-12,20H,13-14H2. The van der Waals surface area contributed by atoms with Gasteiger partial charge in [-0.2, -0.15) is 0 Å². The lowest BCUT2D eigenvalue weighted by Gasteiger charge is -2.11. The molecule has 1 atom stereocenters. The highest BCUT2D eigenvalue weighted by atomic mass is 32.2. The maximum atomic E-state index is 12.7. The zero-order valence-electron chi connectivity index (χ0n) is 15.2. The van der Waals surface area contributed by atoms with E-state index in [1.54, 1.807) is 30.3 Å². The lowest BCUT2D eigenvalue weighted by atomic mass is 10.1. The molecule has 0 bridgehead atoms. The van der Waals surface area contributed by atoms with E-state index in [4.69, 9.17) is 4.74 Å². The normalized spacial score (nSPS) is 16.9. The molecular formula is C21H17NO5S2. The fourth-order valence-electron chi connectivity index (χ4n) is 3.21. The van der Waals surface area contributed by atoms with Gasteiger partial charge < -0.3 is 4.74 Å². The van der Waals surface area contributed by atoms with Crippen LogP contribution in [0.25, 0.3) is 0 Å². The predicted octanol–water partition coefficient (Wildman–Crippen LogP) is 4.79. The van der Waals surface area contributed by atoms with Gasteiger partial charge in [0.2, 0.25) is 0 Å². The van der Waals surface area contributed by atoms with Crippen LogP contribution in [0.2, 0.25) is 0 Å². The molecule has 0 saturated carbocycles. The van der Waals surface area contributed by atoms with Gasteiger partial charge in [0, 0.05) is 17.0 Å². The van der Waals surface area contributed by atoms with E-state index in [0.717, 1.165) is 10.5 Å². The molecule has 0 saturated heterocycles. The minimum Gasteiger partial charge on any atom is -0.489 e. The molecule has 6 nitrogen and oxygen atoms in total. The number of hydrogen-bond donors (Lipinski definition) is 0. The topological polar surface area (TPSA) is 86.5 Å². The van der Waals surface area contributed by atoms with E-state index in [9.17, 15) is 18.5 Å². The summed E-state index contributed by atoms with van der Waals surface area (Å²) in [6.45, 7) is 0.114. The van der Waals surface area contributed by atoms with Gasteiger partial charge in [0.25, 0.3) is 5.69 Å². The number of thioether (sulfide) groups is 1. The zero-order valence-corrected chi connectivity index (χ0v) is 16.9. The first-order chi connectivity index (χ1) is 13.9. The molecule has 0 aromatic heterocycles. The minimum absolute atomic E-state index is 0.0107. The van der Waals surface area contributed by atoms with E-state index in [0.29, 0.717) is 16.2 Å². The van der Waals surface area contributed by atoms with Crippen LogP contribution in [0, 0.1) is 10.1 Å². The fraction of sp³-hybridized carbons (Fsp3) is 0.143. The number of hydrogen-bond acceptors (Lipinski definition) is 6. The number of nitro benzene ring substituents is 1. The molecule has 8 heteroatoms. The van der Waals surface area contributed by atoms with Gasteiger partial charge in [-0.05, 0) is 35.4 Å². The number of nitrogens with zero attached hydrogens (tertiary/aromatic N) is 1. The van der Waals surface area contributed by atoms with E-state index in [1.807, 2.05) is 30.3 Å². The van der Waals surface area contributed by atoms with Gasteiger partial charge in [0.15, 0.2) is 9.84 Å². The molecular weight excluding hydrogens is 410 g/mol. The molecule has 0 fully saturated rings. The Hall–Kier alpha value is -2.84. The number of nitro groups is 1. The smallest absolute Gasteiger partial charge is 0.269 e. The number of fused-ring (bicyclic) bond motifs is 1. The molecule has 0 radical (unpaired) electrons. The molecule has 0 spiro atoms. The quantitative estimate of drug-likeness (QED) is 0.415. The van der Waals surface area contributed by atoms with Crippen molar-refractivity contribution < 1.29 is 18.1 Å². The maximum Gasteiger partial charge on any atom is 0.269 e. The molecule has 1 aliphatic rings. The summed E-state index contributed by atoms with van der Waals surface area (Å²) in [7, 11) is -3.39. The molecule has 0 amide bonds. The average molecular weight is 428 g/mol. The Balaban J connectivity index is 1.53. The summed E-state index contributed by atoms with van der Waals surface area (Å²) in [5, 5.41) is 10.7. The first-order valence-electron chi connectivity index (χ1n) is 8.87. The first kappa shape index (κ1) is 19.5. The summed E-state index contributed by atoms with van der Waals surface area (Å²) in [5.74, 6) is 0.472. The van der Waals surface area contributed by atoms with Crippen molar-refractivity contribution in [3.8, 4) is 5.75 Å². The van der Waals surface area contributed by atoms with Crippen molar-refractivity contribution in [3.05, 3.63) is 94.0 Å². The van der Waals surface area contributed by atoms with Crippen LogP contribution in [-0.4, -0.2) is 19.1 Å². The van der Waals surface area contributed by atoms with Gasteiger partial charge in [-0.25, -0.2) is 8.42 Å². The van der Waals surface area contributed by atoms with Crippen LogP contribution < -0.4 is 4.74 Å². The van der Waals surface area contributed by atoms with Crippen molar-refractivity contribution in [2.75, 3.05) is 5.75 Å². The largest absolute Gasteiger partial charge is 0.489 e. The summed E-state index contributed by atoms with van der Waals surface area (Å²) < 4.78 is 31.0. The molecule has 3 aromatic rings. The van der Waals surface area contributed by atoms with E-state index in [2.05, 4.69) is 0 Å². The monoisotopic (exact) mass is 427 g/mol. The van der Waals surface area contributed by atoms with Gasteiger partial charge in [-0.3, -0.25) is 10.1 Å². The molecule has 148 valence electrons. The third-order valence-electron chi connectivity index (χ3n) is 4.59. The third-order valence-corrected chi connectivity index (χ3v) is 7.84. The van der Waals surface area contributed by atoms with E-state index < -0.39 is 14.8 Å². The summed E-state index contributed by atoms with van der Waals surface area (Å²) in [6, 6.07) is 21.0. The van der Waals surface area contributed by atoms with Crippen LogP contribution in [0.4, 0.5) is 5.69 Å². The Labute approximate surface area is 172 Å². The highest BCUT2D eigenvalue weighted by Crippen LogP contribution is 2.45. The number of ether oxygens (including phenoxy) is 1. The van der Waals surface area contributed by atoms with Crippen molar-refractivity contribution in [3.63, 3.8) is 0 Å². The Morgan fingerprint density at radius 2 is 1.83 bits per heavy atom. The van der Waals surface area contributed by atoms with E-state index in [1.165, 1.54) is 23.9 Å². The Morgan fingerprint density at radius 3 is 2.59 bits per heavy atom. The molecule has 1 aliphatic heterocycles. The number of sulfone groups is 1. The van der Waals surface area contributed by atoms with Gasteiger partial charge in [-0.1, -0.05) is 36.4 Å². The molecule has 1 heterocycles. The molecule has 3 aromatic carbocycles. The van der Waals surface area contributed by atoms with Crippen molar-refractivity contribution in [1.82, 2.24) is 0 Å². The number of non-ortho nitro benzene ring substituents is 1. The summed E-state index contributed by atoms with van der Waals surface area (Å²) in [6.07, 6.45) is 0. The first-order valence-corrected chi connectivity index (χ1v) is 11.4. The molecule has 1 unspecified atom stereocenters. The van der Waals surface area contributed by atoms with Gasteiger partial charge in [0.1, 0.15) is 12.4 Å². The molecule has 0 N–H and O–H groups in total. The van der Waals surface area contributed by atoms with Gasteiger partial charge >= 0.3 is 0 Å². The van der Waals surface area contributed by atoms with Crippen LogP contribution >= 0.6 is 11.8 Å². The zero-order chi connectivity index (χ0) is 20.4. The number of rotatable bonds is 6. The highest BCUT2D eigenvalue weighted by Gasteiger charge is 2.35. The van der Waals surface area contributed by atoms with Crippen LogP contribution in [0.15, 0.2) is 82.6 Å².